The number of benzene rings is 2. The number of methoxy groups -OCH3 is 2. The molecule has 2 N–H and O–H groups in total. The number of anilines is 1. The second-order valence-corrected chi connectivity index (χ2v) is 4.31. The second kappa shape index (κ2) is 6.19. The van der Waals surface area contributed by atoms with E-state index in [2.05, 4.69) is 6.92 Å². The zero-order valence-corrected chi connectivity index (χ0v) is 12.0. The maximum Gasteiger partial charge on any atom is 0.169 e. The van der Waals surface area contributed by atoms with Crippen molar-refractivity contribution in [2.75, 3.05) is 20.0 Å². The number of hydrogen-bond donors (Lipinski definition) is 1. The smallest absolute Gasteiger partial charge is 0.169 e. The van der Waals surface area contributed by atoms with Crippen molar-refractivity contribution in [1.82, 2.24) is 0 Å². The average molecular weight is 273 g/mol. The molecule has 0 bridgehead atoms. The number of para-hydroxylation sites is 1. The molecule has 0 spiro atoms. The molecule has 20 heavy (non-hydrogen) atoms. The van der Waals surface area contributed by atoms with Gasteiger partial charge in [-0.05, 0) is 36.2 Å². The third-order valence-electron chi connectivity index (χ3n) is 3.10. The Balaban J connectivity index is 2.35. The van der Waals surface area contributed by atoms with E-state index < -0.39 is 0 Å². The second-order valence-electron chi connectivity index (χ2n) is 4.31. The molecule has 0 saturated carbocycles. The number of rotatable bonds is 5. The third kappa shape index (κ3) is 2.79. The van der Waals surface area contributed by atoms with Gasteiger partial charge in [0.15, 0.2) is 17.2 Å². The average Bonchev–Trinajstić information content (AvgIpc) is 2.49. The molecule has 0 saturated heterocycles. The van der Waals surface area contributed by atoms with Crippen molar-refractivity contribution in [2.45, 2.75) is 13.3 Å². The molecule has 0 unspecified atom stereocenters. The van der Waals surface area contributed by atoms with Crippen molar-refractivity contribution in [1.29, 1.82) is 0 Å². The molecule has 106 valence electrons. The van der Waals surface area contributed by atoms with E-state index >= 15 is 0 Å². The first-order valence-electron chi connectivity index (χ1n) is 6.46. The van der Waals surface area contributed by atoms with Gasteiger partial charge in [-0.2, -0.15) is 0 Å². The van der Waals surface area contributed by atoms with E-state index in [1.54, 1.807) is 26.4 Å². The molecule has 0 aliphatic heterocycles. The van der Waals surface area contributed by atoms with Gasteiger partial charge in [-0.25, -0.2) is 0 Å². The van der Waals surface area contributed by atoms with Crippen molar-refractivity contribution in [3.05, 3.63) is 42.0 Å². The van der Waals surface area contributed by atoms with Crippen molar-refractivity contribution >= 4 is 5.69 Å². The summed E-state index contributed by atoms with van der Waals surface area (Å²) in [5.74, 6) is 2.45. The Labute approximate surface area is 119 Å². The maximum atomic E-state index is 6.00. The van der Waals surface area contributed by atoms with E-state index in [1.807, 2.05) is 24.3 Å². The van der Waals surface area contributed by atoms with Crippen molar-refractivity contribution < 1.29 is 14.2 Å². The Hall–Kier alpha value is -2.36. The molecule has 0 fully saturated rings. The van der Waals surface area contributed by atoms with Crippen LogP contribution in [0.5, 0.6) is 23.0 Å². The Morgan fingerprint density at radius 1 is 0.900 bits per heavy atom. The van der Waals surface area contributed by atoms with Crippen LogP contribution in [-0.4, -0.2) is 14.2 Å². The highest BCUT2D eigenvalue weighted by atomic mass is 16.5. The molecule has 0 aliphatic carbocycles. The van der Waals surface area contributed by atoms with Gasteiger partial charge in [-0.3, -0.25) is 0 Å². The molecular weight excluding hydrogens is 254 g/mol. The topological polar surface area (TPSA) is 53.7 Å². The van der Waals surface area contributed by atoms with E-state index in [0.717, 1.165) is 6.42 Å². The van der Waals surface area contributed by atoms with Crippen LogP contribution in [0, 0.1) is 0 Å². The molecule has 2 aromatic rings. The molecule has 0 radical (unpaired) electrons. The minimum atomic E-state index is 0.469. The summed E-state index contributed by atoms with van der Waals surface area (Å²) in [4.78, 5) is 0. The van der Waals surface area contributed by atoms with Crippen molar-refractivity contribution in [3.63, 3.8) is 0 Å². The molecule has 0 aliphatic rings. The molecule has 4 heteroatoms. The minimum Gasteiger partial charge on any atom is -0.494 e. The van der Waals surface area contributed by atoms with Crippen LogP contribution in [0.2, 0.25) is 0 Å². The Kier molecular flexibility index (Phi) is 4.35. The Bertz CT molecular complexity index is 596. The molecule has 0 atom stereocenters. The minimum absolute atomic E-state index is 0.469. The SMILES string of the molecule is CCc1ccc(Oc2cccc(OC)c2N)c(OC)c1. The van der Waals surface area contributed by atoms with E-state index in [4.69, 9.17) is 19.9 Å². The Morgan fingerprint density at radius 2 is 1.60 bits per heavy atom. The van der Waals surface area contributed by atoms with Gasteiger partial charge in [-0.1, -0.05) is 19.1 Å². The van der Waals surface area contributed by atoms with E-state index in [0.29, 0.717) is 28.7 Å². The summed E-state index contributed by atoms with van der Waals surface area (Å²) >= 11 is 0. The molecule has 4 nitrogen and oxygen atoms in total. The number of nitrogens with two attached hydrogens (primary N) is 1. The van der Waals surface area contributed by atoms with Gasteiger partial charge in [0, 0.05) is 0 Å². The van der Waals surface area contributed by atoms with Crippen LogP contribution in [-0.2, 0) is 6.42 Å². The van der Waals surface area contributed by atoms with Crippen LogP contribution >= 0.6 is 0 Å². The molecule has 2 aromatic carbocycles. The fourth-order valence-corrected chi connectivity index (χ4v) is 1.93. The van der Waals surface area contributed by atoms with Gasteiger partial charge in [0.2, 0.25) is 0 Å². The van der Waals surface area contributed by atoms with Crippen LogP contribution in [0.25, 0.3) is 0 Å². The number of hydrogen-bond acceptors (Lipinski definition) is 4. The summed E-state index contributed by atoms with van der Waals surface area (Å²) in [5, 5.41) is 0. The first-order chi connectivity index (χ1) is 9.69. The van der Waals surface area contributed by atoms with Gasteiger partial charge in [0.25, 0.3) is 0 Å². The lowest BCUT2D eigenvalue weighted by atomic mass is 10.1. The lowest BCUT2D eigenvalue weighted by Crippen LogP contribution is -1.97. The monoisotopic (exact) mass is 273 g/mol. The first kappa shape index (κ1) is 14.1. The molecule has 0 aromatic heterocycles. The van der Waals surface area contributed by atoms with Crippen LogP contribution in [0.15, 0.2) is 36.4 Å². The van der Waals surface area contributed by atoms with Crippen LogP contribution in [0.3, 0.4) is 0 Å². The molecular formula is C16H19NO3. The largest absolute Gasteiger partial charge is 0.494 e. The standard InChI is InChI=1S/C16H19NO3/c1-4-11-8-9-12(15(10-11)19-3)20-14-7-5-6-13(18-2)16(14)17/h5-10H,4,17H2,1-3H3. The first-order valence-corrected chi connectivity index (χ1v) is 6.46. The lowest BCUT2D eigenvalue weighted by molar-refractivity contribution is 0.376. The van der Waals surface area contributed by atoms with E-state index in [-0.39, 0.29) is 0 Å². The zero-order chi connectivity index (χ0) is 14.5. The molecule has 0 heterocycles. The van der Waals surface area contributed by atoms with Gasteiger partial charge in [-0.15, -0.1) is 0 Å². The quantitative estimate of drug-likeness (QED) is 0.845. The summed E-state index contributed by atoms with van der Waals surface area (Å²) in [7, 11) is 3.20. The Morgan fingerprint density at radius 3 is 2.25 bits per heavy atom. The van der Waals surface area contributed by atoms with Crippen LogP contribution < -0.4 is 19.9 Å². The summed E-state index contributed by atoms with van der Waals surface area (Å²) in [6.45, 7) is 2.09. The third-order valence-corrected chi connectivity index (χ3v) is 3.10. The molecule has 0 amide bonds. The maximum absolute atomic E-state index is 6.00. The van der Waals surface area contributed by atoms with Crippen molar-refractivity contribution in [2.24, 2.45) is 0 Å². The summed E-state index contributed by atoms with van der Waals surface area (Å²) in [6, 6.07) is 11.3. The van der Waals surface area contributed by atoms with Gasteiger partial charge < -0.3 is 19.9 Å². The highest BCUT2D eigenvalue weighted by Gasteiger charge is 2.11. The lowest BCUT2D eigenvalue weighted by Gasteiger charge is -2.14. The fraction of sp³-hybridized carbons (Fsp3) is 0.250. The van der Waals surface area contributed by atoms with Gasteiger partial charge in [0.05, 0.1) is 14.2 Å². The predicted octanol–water partition coefficient (Wildman–Crippen LogP) is 3.64. The normalized spacial score (nSPS) is 10.2. The van der Waals surface area contributed by atoms with E-state index in [9.17, 15) is 0 Å². The van der Waals surface area contributed by atoms with Crippen LogP contribution in [0.1, 0.15) is 12.5 Å². The highest BCUT2D eigenvalue weighted by Crippen LogP contribution is 2.38. The van der Waals surface area contributed by atoms with Gasteiger partial charge in [0.1, 0.15) is 11.4 Å². The van der Waals surface area contributed by atoms with Crippen molar-refractivity contribution in [3.8, 4) is 23.0 Å². The number of ether oxygens (including phenoxy) is 3. The predicted molar refractivity (Wildman–Crippen MR) is 79.9 cm³/mol. The summed E-state index contributed by atoms with van der Waals surface area (Å²) in [5.41, 5.74) is 7.66. The number of aryl methyl sites for hydroxylation is 1. The molecule has 2 rings (SSSR count). The van der Waals surface area contributed by atoms with E-state index in [1.165, 1.54) is 5.56 Å². The fourth-order valence-electron chi connectivity index (χ4n) is 1.93. The zero-order valence-electron chi connectivity index (χ0n) is 12.0. The summed E-state index contributed by atoms with van der Waals surface area (Å²) in [6.07, 6.45) is 0.942. The highest BCUT2D eigenvalue weighted by molar-refractivity contribution is 5.64. The van der Waals surface area contributed by atoms with Crippen LogP contribution in [0.4, 0.5) is 5.69 Å². The van der Waals surface area contributed by atoms with Gasteiger partial charge >= 0.3 is 0 Å². The number of nitrogen functional groups attached to an aromatic ring is 1. The summed E-state index contributed by atoms with van der Waals surface area (Å²) < 4.78 is 16.4.